The number of carbonyl (C=O) groups excluding carboxylic acids is 1. The predicted molar refractivity (Wildman–Crippen MR) is 82.6 cm³/mol. The van der Waals surface area contributed by atoms with E-state index >= 15 is 0 Å². The molecule has 1 aliphatic carbocycles. The third kappa shape index (κ3) is 1.87. The van der Waals surface area contributed by atoms with Crippen molar-refractivity contribution in [3.63, 3.8) is 0 Å². The summed E-state index contributed by atoms with van der Waals surface area (Å²) in [7, 11) is 0. The lowest BCUT2D eigenvalue weighted by atomic mass is 9.99. The standard InChI is InChI=1S/C16H21N5O/c1-16(2,12-9-20-6-4-3-5-13(20)19-12)21(17)15(22)14-10-7-18-8-11(10)14/h3-6,9-11,14,18H,7-8,17H2,1-2H3/t10-,11+,14+. The Hall–Kier alpha value is -1.92. The maximum atomic E-state index is 12.7. The van der Waals surface area contributed by atoms with Gasteiger partial charge in [-0.1, -0.05) is 6.07 Å². The third-order valence-corrected chi connectivity index (χ3v) is 5.21. The van der Waals surface area contributed by atoms with Gasteiger partial charge in [0, 0.05) is 18.3 Å². The van der Waals surface area contributed by atoms with Crippen molar-refractivity contribution in [1.29, 1.82) is 0 Å². The van der Waals surface area contributed by atoms with E-state index in [1.165, 1.54) is 5.01 Å². The zero-order chi connectivity index (χ0) is 15.5. The zero-order valence-electron chi connectivity index (χ0n) is 12.9. The van der Waals surface area contributed by atoms with Crippen molar-refractivity contribution in [1.82, 2.24) is 19.7 Å². The summed E-state index contributed by atoms with van der Waals surface area (Å²) >= 11 is 0. The van der Waals surface area contributed by atoms with Gasteiger partial charge in [0.05, 0.1) is 11.2 Å². The van der Waals surface area contributed by atoms with Gasteiger partial charge in [0.15, 0.2) is 0 Å². The molecule has 3 atom stereocenters. The third-order valence-electron chi connectivity index (χ3n) is 5.21. The minimum Gasteiger partial charge on any atom is -0.316 e. The average Bonchev–Trinajstić information content (AvgIpc) is 2.91. The molecule has 6 nitrogen and oxygen atoms in total. The Morgan fingerprint density at radius 2 is 2.14 bits per heavy atom. The summed E-state index contributed by atoms with van der Waals surface area (Å²) in [5, 5.41) is 4.69. The van der Waals surface area contributed by atoms with Crippen molar-refractivity contribution in [2.24, 2.45) is 23.6 Å². The fraction of sp³-hybridized carbons (Fsp3) is 0.500. The van der Waals surface area contributed by atoms with Gasteiger partial charge in [0.25, 0.3) is 0 Å². The monoisotopic (exact) mass is 299 g/mol. The molecule has 116 valence electrons. The molecule has 0 bridgehead atoms. The number of amides is 1. The highest BCUT2D eigenvalue weighted by Crippen LogP contribution is 2.50. The van der Waals surface area contributed by atoms with Crippen LogP contribution in [-0.2, 0) is 10.3 Å². The van der Waals surface area contributed by atoms with E-state index < -0.39 is 5.54 Å². The molecule has 1 saturated carbocycles. The highest BCUT2D eigenvalue weighted by molar-refractivity contribution is 5.83. The van der Waals surface area contributed by atoms with Crippen LogP contribution in [0.1, 0.15) is 19.5 Å². The van der Waals surface area contributed by atoms with Crippen LogP contribution in [0.3, 0.4) is 0 Å². The number of fused-ring (bicyclic) bond motifs is 2. The summed E-state index contributed by atoms with van der Waals surface area (Å²) < 4.78 is 1.95. The number of hydrogen-bond acceptors (Lipinski definition) is 4. The topological polar surface area (TPSA) is 75.7 Å². The Balaban J connectivity index is 1.60. The van der Waals surface area contributed by atoms with E-state index in [1.54, 1.807) is 0 Å². The fourth-order valence-electron chi connectivity index (χ4n) is 3.57. The highest BCUT2D eigenvalue weighted by atomic mass is 16.2. The van der Waals surface area contributed by atoms with E-state index in [4.69, 9.17) is 5.84 Å². The van der Waals surface area contributed by atoms with Gasteiger partial charge in [-0.05, 0) is 50.9 Å². The molecule has 3 N–H and O–H groups in total. The molecule has 2 aromatic heterocycles. The van der Waals surface area contributed by atoms with Crippen molar-refractivity contribution in [2.75, 3.05) is 13.1 Å². The number of rotatable bonds is 3. The molecule has 2 aromatic rings. The van der Waals surface area contributed by atoms with Gasteiger partial charge < -0.3 is 9.72 Å². The van der Waals surface area contributed by atoms with Gasteiger partial charge in [-0.25, -0.2) is 10.8 Å². The maximum Gasteiger partial charge on any atom is 0.241 e. The molecule has 1 amide bonds. The number of piperidine rings is 1. The molecule has 1 aliphatic heterocycles. The van der Waals surface area contributed by atoms with Crippen molar-refractivity contribution >= 4 is 11.6 Å². The van der Waals surface area contributed by atoms with Crippen molar-refractivity contribution in [3.05, 3.63) is 36.3 Å². The van der Waals surface area contributed by atoms with Crippen molar-refractivity contribution < 1.29 is 4.79 Å². The smallest absolute Gasteiger partial charge is 0.241 e. The van der Waals surface area contributed by atoms with E-state index in [1.807, 2.05) is 48.8 Å². The lowest BCUT2D eigenvalue weighted by molar-refractivity contribution is -0.139. The van der Waals surface area contributed by atoms with Crippen LogP contribution in [-0.4, -0.2) is 33.4 Å². The Bertz CT molecular complexity index is 694. The average molecular weight is 299 g/mol. The van der Waals surface area contributed by atoms with Crippen molar-refractivity contribution in [2.45, 2.75) is 19.4 Å². The van der Waals surface area contributed by atoms with Crippen LogP contribution in [0.15, 0.2) is 30.6 Å². The second kappa shape index (κ2) is 4.54. The summed E-state index contributed by atoms with van der Waals surface area (Å²) in [5.41, 5.74) is 1.03. The van der Waals surface area contributed by atoms with Gasteiger partial charge in [-0.15, -0.1) is 0 Å². The summed E-state index contributed by atoms with van der Waals surface area (Å²) in [6.45, 7) is 5.76. The Morgan fingerprint density at radius 3 is 2.82 bits per heavy atom. The molecular weight excluding hydrogens is 278 g/mol. The first-order chi connectivity index (χ1) is 10.5. The van der Waals surface area contributed by atoms with Gasteiger partial charge in [0.1, 0.15) is 5.65 Å². The van der Waals surface area contributed by atoms with Gasteiger partial charge >= 0.3 is 0 Å². The second-order valence-electron chi connectivity index (χ2n) is 6.87. The van der Waals surface area contributed by atoms with Crippen LogP contribution in [0.2, 0.25) is 0 Å². The molecule has 6 heteroatoms. The zero-order valence-corrected chi connectivity index (χ0v) is 12.9. The molecule has 1 saturated heterocycles. The molecule has 0 radical (unpaired) electrons. The quantitative estimate of drug-likeness (QED) is 0.498. The van der Waals surface area contributed by atoms with Crippen LogP contribution in [0, 0.1) is 17.8 Å². The Kier molecular flexibility index (Phi) is 2.83. The maximum absolute atomic E-state index is 12.7. The molecule has 0 spiro atoms. The molecule has 3 heterocycles. The first-order valence-corrected chi connectivity index (χ1v) is 7.74. The molecule has 0 unspecified atom stereocenters. The van der Waals surface area contributed by atoms with Gasteiger partial charge in [-0.3, -0.25) is 9.80 Å². The van der Waals surface area contributed by atoms with Crippen LogP contribution in [0.5, 0.6) is 0 Å². The largest absolute Gasteiger partial charge is 0.316 e. The normalized spacial score (nSPS) is 27.0. The summed E-state index contributed by atoms with van der Waals surface area (Å²) in [6.07, 6.45) is 3.89. The molecule has 2 fully saturated rings. The number of hydrazine groups is 1. The van der Waals surface area contributed by atoms with E-state index in [0.717, 1.165) is 24.4 Å². The summed E-state index contributed by atoms with van der Waals surface area (Å²) in [4.78, 5) is 17.3. The molecular formula is C16H21N5O. The number of nitrogens with zero attached hydrogens (tertiary/aromatic N) is 3. The SMILES string of the molecule is CC(C)(c1cn2ccccc2n1)N(N)C(=O)[C@H]1[C@@H]2CNC[C@@H]21. The first-order valence-electron chi connectivity index (χ1n) is 7.74. The van der Waals surface area contributed by atoms with Crippen LogP contribution < -0.4 is 11.2 Å². The Labute approximate surface area is 129 Å². The van der Waals surface area contributed by atoms with E-state index in [2.05, 4.69) is 10.3 Å². The van der Waals surface area contributed by atoms with Crippen LogP contribution >= 0.6 is 0 Å². The van der Waals surface area contributed by atoms with Crippen LogP contribution in [0.4, 0.5) is 0 Å². The number of pyridine rings is 1. The molecule has 2 aliphatic rings. The number of hydrogen-bond donors (Lipinski definition) is 2. The number of aromatic nitrogens is 2. The van der Waals surface area contributed by atoms with Crippen LogP contribution in [0.25, 0.3) is 5.65 Å². The Morgan fingerprint density at radius 1 is 1.41 bits per heavy atom. The van der Waals surface area contributed by atoms with Crippen molar-refractivity contribution in [3.8, 4) is 0 Å². The molecule has 22 heavy (non-hydrogen) atoms. The van der Waals surface area contributed by atoms with E-state index in [-0.39, 0.29) is 11.8 Å². The number of imidazole rings is 1. The lowest BCUT2D eigenvalue weighted by Gasteiger charge is -2.34. The minimum absolute atomic E-state index is 0.0403. The van der Waals surface area contributed by atoms with Gasteiger partial charge in [0.2, 0.25) is 5.91 Å². The highest BCUT2D eigenvalue weighted by Gasteiger charge is 2.58. The van der Waals surface area contributed by atoms with E-state index in [0.29, 0.717) is 11.8 Å². The summed E-state index contributed by atoms with van der Waals surface area (Å²) in [6, 6.07) is 5.84. The number of nitrogens with one attached hydrogen (secondary N) is 1. The molecule has 0 aromatic carbocycles. The lowest BCUT2D eigenvalue weighted by Crippen LogP contribution is -2.52. The first kappa shape index (κ1) is 13.7. The fourth-order valence-corrected chi connectivity index (χ4v) is 3.57. The number of carbonyl (C=O) groups is 1. The van der Waals surface area contributed by atoms with Gasteiger partial charge in [-0.2, -0.15) is 0 Å². The molecule has 4 rings (SSSR count). The van der Waals surface area contributed by atoms with E-state index in [9.17, 15) is 4.79 Å². The predicted octanol–water partition coefficient (Wildman–Crippen LogP) is 0.737. The minimum atomic E-state index is -0.632. The summed E-state index contributed by atoms with van der Waals surface area (Å²) in [5.74, 6) is 7.27. The number of nitrogens with two attached hydrogens (primary N) is 1. The second-order valence-corrected chi connectivity index (χ2v) is 6.87.